The quantitative estimate of drug-likeness (QED) is 0.913. The fourth-order valence-electron chi connectivity index (χ4n) is 3.33. The van der Waals surface area contributed by atoms with Gasteiger partial charge in [0.25, 0.3) is 5.91 Å². The molecule has 2 atom stereocenters. The molecule has 6 heteroatoms. The van der Waals surface area contributed by atoms with E-state index in [-0.39, 0.29) is 23.8 Å². The van der Waals surface area contributed by atoms with Gasteiger partial charge in [0.05, 0.1) is 17.1 Å². The molecule has 0 spiro atoms. The first kappa shape index (κ1) is 17.6. The van der Waals surface area contributed by atoms with E-state index in [1.54, 1.807) is 10.4 Å². The maximum Gasteiger partial charge on any atom is 0.308 e. The van der Waals surface area contributed by atoms with Crippen LogP contribution in [0.2, 0.25) is 0 Å². The van der Waals surface area contributed by atoms with Crippen LogP contribution in [0.15, 0.2) is 35.8 Å². The number of hydrogen-bond donors (Lipinski definition) is 1. The average Bonchev–Trinajstić information content (AvgIpc) is 3.22. The third-order valence-corrected chi connectivity index (χ3v) is 5.44. The van der Waals surface area contributed by atoms with Gasteiger partial charge in [0.2, 0.25) is 0 Å². The summed E-state index contributed by atoms with van der Waals surface area (Å²) < 4.78 is 0. The smallest absolute Gasteiger partial charge is 0.308 e. The minimum atomic E-state index is -0.857. The molecule has 0 saturated carbocycles. The van der Waals surface area contributed by atoms with E-state index in [1.165, 1.54) is 11.3 Å². The monoisotopic (exact) mass is 358 g/mol. The standard InChI is InChI=1S/C19H22N2O3S/c1-19(2,3)16-15(25-11-20-16)17(22)21-9-13(14(10-21)18(23)24)12-7-5-4-6-8-12/h4-8,11,13-14H,9-10H2,1-3H3,(H,23,24). The summed E-state index contributed by atoms with van der Waals surface area (Å²) in [6.45, 7) is 6.72. The molecule has 3 rings (SSSR count). The predicted octanol–water partition coefficient (Wildman–Crippen LogP) is 3.38. The molecule has 1 fully saturated rings. The highest BCUT2D eigenvalue weighted by atomic mass is 32.1. The van der Waals surface area contributed by atoms with Gasteiger partial charge in [-0.2, -0.15) is 0 Å². The van der Waals surface area contributed by atoms with E-state index in [1.807, 2.05) is 51.1 Å². The van der Waals surface area contributed by atoms with Crippen LogP contribution >= 0.6 is 11.3 Å². The molecule has 0 aliphatic carbocycles. The molecule has 1 aliphatic heterocycles. The van der Waals surface area contributed by atoms with Crippen LogP contribution in [0.1, 0.15) is 47.6 Å². The SMILES string of the molecule is CC(C)(C)c1ncsc1C(=O)N1CC(C(=O)O)C(c2ccccc2)C1. The molecule has 25 heavy (non-hydrogen) atoms. The first-order valence-corrected chi connectivity index (χ1v) is 9.18. The van der Waals surface area contributed by atoms with Gasteiger partial charge >= 0.3 is 5.97 Å². The molecule has 2 unspecified atom stereocenters. The van der Waals surface area contributed by atoms with E-state index in [9.17, 15) is 14.7 Å². The Balaban J connectivity index is 1.88. The predicted molar refractivity (Wildman–Crippen MR) is 97.0 cm³/mol. The van der Waals surface area contributed by atoms with Gasteiger partial charge in [-0.3, -0.25) is 9.59 Å². The van der Waals surface area contributed by atoms with E-state index < -0.39 is 11.9 Å². The van der Waals surface area contributed by atoms with Crippen LogP contribution in [-0.4, -0.2) is 40.0 Å². The Labute approximate surface area is 151 Å². The molecule has 0 bridgehead atoms. The molecule has 1 saturated heterocycles. The highest BCUT2D eigenvalue weighted by Crippen LogP contribution is 2.35. The van der Waals surface area contributed by atoms with E-state index in [0.29, 0.717) is 11.4 Å². The van der Waals surface area contributed by atoms with E-state index in [0.717, 1.165) is 11.3 Å². The second-order valence-corrected chi connectivity index (χ2v) is 8.31. The molecule has 2 heterocycles. The lowest BCUT2D eigenvalue weighted by Crippen LogP contribution is -2.31. The van der Waals surface area contributed by atoms with Crippen LogP contribution in [0, 0.1) is 5.92 Å². The number of carbonyl (C=O) groups is 2. The number of benzene rings is 1. The van der Waals surface area contributed by atoms with Crippen molar-refractivity contribution in [2.24, 2.45) is 5.92 Å². The Bertz CT molecular complexity index is 779. The van der Waals surface area contributed by atoms with Gasteiger partial charge in [-0.05, 0) is 5.56 Å². The van der Waals surface area contributed by atoms with Gasteiger partial charge < -0.3 is 10.0 Å². The molecule has 2 aromatic rings. The number of likely N-dealkylation sites (tertiary alicyclic amines) is 1. The van der Waals surface area contributed by atoms with Gasteiger partial charge in [0, 0.05) is 24.4 Å². The fraction of sp³-hybridized carbons (Fsp3) is 0.421. The minimum Gasteiger partial charge on any atom is -0.481 e. The number of hydrogen-bond acceptors (Lipinski definition) is 4. The van der Waals surface area contributed by atoms with Gasteiger partial charge in [-0.1, -0.05) is 51.1 Å². The maximum absolute atomic E-state index is 13.0. The first-order chi connectivity index (χ1) is 11.8. The molecule has 132 valence electrons. The number of aromatic nitrogens is 1. The number of carbonyl (C=O) groups excluding carboxylic acids is 1. The highest BCUT2D eigenvalue weighted by Gasteiger charge is 2.41. The van der Waals surface area contributed by atoms with Crippen molar-refractivity contribution in [3.63, 3.8) is 0 Å². The third-order valence-electron chi connectivity index (χ3n) is 4.62. The number of aliphatic carboxylic acids is 1. The Hall–Kier alpha value is -2.21. The third kappa shape index (κ3) is 3.44. The van der Waals surface area contributed by atoms with Gasteiger partial charge in [-0.25, -0.2) is 4.98 Å². The molecule has 1 aromatic heterocycles. The zero-order chi connectivity index (χ0) is 18.2. The molecule has 5 nitrogen and oxygen atoms in total. The number of carboxylic acid groups (broad SMARTS) is 1. The van der Waals surface area contributed by atoms with Crippen molar-refractivity contribution in [2.45, 2.75) is 32.1 Å². The molecular formula is C19H22N2O3S. The van der Waals surface area contributed by atoms with E-state index in [2.05, 4.69) is 4.98 Å². The molecular weight excluding hydrogens is 336 g/mol. The number of amides is 1. The topological polar surface area (TPSA) is 70.5 Å². The van der Waals surface area contributed by atoms with Gasteiger partial charge in [-0.15, -0.1) is 11.3 Å². The molecule has 1 N–H and O–H groups in total. The van der Waals surface area contributed by atoms with Gasteiger partial charge in [0.1, 0.15) is 4.88 Å². The lowest BCUT2D eigenvalue weighted by Gasteiger charge is -2.20. The van der Waals surface area contributed by atoms with Crippen molar-refractivity contribution in [1.29, 1.82) is 0 Å². The summed E-state index contributed by atoms with van der Waals surface area (Å²) in [4.78, 5) is 31.4. The van der Waals surface area contributed by atoms with Crippen LogP contribution in [0.4, 0.5) is 0 Å². The minimum absolute atomic E-state index is 0.114. The van der Waals surface area contributed by atoms with Crippen LogP contribution in [0.5, 0.6) is 0 Å². The summed E-state index contributed by atoms with van der Waals surface area (Å²) in [5.74, 6) is -1.74. The molecule has 1 aromatic carbocycles. The second-order valence-electron chi connectivity index (χ2n) is 7.45. The largest absolute Gasteiger partial charge is 0.481 e. The van der Waals surface area contributed by atoms with E-state index in [4.69, 9.17) is 0 Å². The number of carboxylic acids is 1. The van der Waals surface area contributed by atoms with Crippen molar-refractivity contribution in [1.82, 2.24) is 9.88 Å². The summed E-state index contributed by atoms with van der Waals surface area (Å²) in [7, 11) is 0. The lowest BCUT2D eigenvalue weighted by atomic mass is 9.89. The fourth-order valence-corrected chi connectivity index (χ4v) is 4.30. The number of thiazole rings is 1. The summed E-state index contributed by atoms with van der Waals surface area (Å²) in [6.07, 6.45) is 0. The van der Waals surface area contributed by atoms with Crippen LogP contribution in [-0.2, 0) is 10.2 Å². The summed E-state index contributed by atoms with van der Waals surface area (Å²) in [6, 6.07) is 9.58. The molecule has 1 amide bonds. The Morgan fingerprint density at radius 3 is 2.48 bits per heavy atom. The normalized spacial score (nSPS) is 20.7. The van der Waals surface area contributed by atoms with Crippen LogP contribution in [0.25, 0.3) is 0 Å². The molecule has 0 radical (unpaired) electrons. The van der Waals surface area contributed by atoms with Crippen molar-refractivity contribution >= 4 is 23.2 Å². The van der Waals surface area contributed by atoms with Crippen LogP contribution in [0.3, 0.4) is 0 Å². The number of rotatable bonds is 3. The second kappa shape index (κ2) is 6.59. The zero-order valence-electron chi connectivity index (χ0n) is 14.6. The number of nitrogens with zero attached hydrogens (tertiary/aromatic N) is 2. The van der Waals surface area contributed by atoms with Crippen LogP contribution < -0.4 is 0 Å². The summed E-state index contributed by atoms with van der Waals surface area (Å²) in [5, 5.41) is 9.61. The summed E-state index contributed by atoms with van der Waals surface area (Å²) in [5.41, 5.74) is 3.20. The molecule has 1 aliphatic rings. The van der Waals surface area contributed by atoms with Crippen molar-refractivity contribution < 1.29 is 14.7 Å². The Kier molecular flexibility index (Phi) is 4.64. The first-order valence-electron chi connectivity index (χ1n) is 8.30. The lowest BCUT2D eigenvalue weighted by molar-refractivity contribution is -0.141. The Morgan fingerprint density at radius 2 is 1.88 bits per heavy atom. The maximum atomic E-state index is 13.0. The average molecular weight is 358 g/mol. The van der Waals surface area contributed by atoms with Crippen molar-refractivity contribution in [2.75, 3.05) is 13.1 Å². The van der Waals surface area contributed by atoms with Gasteiger partial charge in [0.15, 0.2) is 0 Å². The van der Waals surface area contributed by atoms with Crippen molar-refractivity contribution in [3.8, 4) is 0 Å². The highest BCUT2D eigenvalue weighted by molar-refractivity contribution is 7.11. The zero-order valence-corrected chi connectivity index (χ0v) is 15.4. The summed E-state index contributed by atoms with van der Waals surface area (Å²) >= 11 is 1.33. The van der Waals surface area contributed by atoms with Crippen molar-refractivity contribution in [3.05, 3.63) is 52.0 Å². The Morgan fingerprint density at radius 1 is 1.20 bits per heavy atom. The van der Waals surface area contributed by atoms with E-state index >= 15 is 0 Å².